The van der Waals surface area contributed by atoms with E-state index >= 15 is 0 Å². The van der Waals surface area contributed by atoms with Gasteiger partial charge in [-0.15, -0.1) is 0 Å². The predicted octanol–water partition coefficient (Wildman–Crippen LogP) is 3.44. The Labute approximate surface area is 122 Å². The minimum Gasteiger partial charge on any atom is -0.480 e. The first-order chi connectivity index (χ1) is 9.60. The molecule has 0 aromatic heterocycles. The molecule has 0 aliphatic heterocycles. The van der Waals surface area contributed by atoms with Crippen LogP contribution in [-0.4, -0.2) is 23.7 Å². The second kappa shape index (κ2) is 5.67. The molecule has 3 heteroatoms. The van der Waals surface area contributed by atoms with Crippen LogP contribution in [0.2, 0.25) is 0 Å². The zero-order valence-electron chi connectivity index (χ0n) is 12.7. The zero-order valence-corrected chi connectivity index (χ0v) is 12.7. The Morgan fingerprint density at radius 1 is 1.20 bits per heavy atom. The molecule has 0 aromatic rings. The molecule has 4 bridgehead atoms. The highest BCUT2D eigenvalue weighted by atomic mass is 16.4. The van der Waals surface area contributed by atoms with Crippen molar-refractivity contribution in [3.8, 4) is 0 Å². The van der Waals surface area contributed by atoms with Gasteiger partial charge in [-0.05, 0) is 81.1 Å². The van der Waals surface area contributed by atoms with Crippen molar-refractivity contribution in [3.63, 3.8) is 0 Å². The third kappa shape index (κ3) is 2.88. The molecule has 4 fully saturated rings. The molecule has 3 nitrogen and oxygen atoms in total. The van der Waals surface area contributed by atoms with Crippen LogP contribution in [0.15, 0.2) is 0 Å². The minimum atomic E-state index is -0.683. The number of carboxylic acid groups (broad SMARTS) is 1. The van der Waals surface area contributed by atoms with E-state index in [-0.39, 0.29) is 6.04 Å². The van der Waals surface area contributed by atoms with Crippen molar-refractivity contribution in [2.45, 2.75) is 70.8 Å². The number of hydrogen-bond donors (Lipinski definition) is 2. The molecule has 0 saturated heterocycles. The molecule has 4 rings (SSSR count). The summed E-state index contributed by atoms with van der Waals surface area (Å²) in [4.78, 5) is 11.2. The molecule has 0 aromatic carbocycles. The Kier molecular flexibility index (Phi) is 4.07. The molecular formula is C17H29NO2. The van der Waals surface area contributed by atoms with E-state index in [9.17, 15) is 9.90 Å². The fraction of sp³-hybridized carbons (Fsp3) is 0.941. The average molecular weight is 279 g/mol. The Balaban J connectivity index is 1.52. The number of hydrogen-bond acceptors (Lipinski definition) is 2. The van der Waals surface area contributed by atoms with Crippen LogP contribution >= 0.6 is 0 Å². The number of rotatable bonds is 7. The SMILES string of the molecule is CCCC(NCCC12CC3CC(CC(C3)C1)C2)C(=O)O. The molecule has 2 N–H and O–H groups in total. The highest BCUT2D eigenvalue weighted by Gasteiger charge is 2.50. The third-order valence-electron chi connectivity index (χ3n) is 6.09. The molecule has 4 saturated carbocycles. The van der Waals surface area contributed by atoms with E-state index in [1.54, 1.807) is 0 Å². The summed E-state index contributed by atoms with van der Waals surface area (Å²) in [5.74, 6) is 2.30. The maximum atomic E-state index is 11.2. The van der Waals surface area contributed by atoms with Crippen molar-refractivity contribution >= 4 is 5.97 Å². The van der Waals surface area contributed by atoms with E-state index in [4.69, 9.17) is 0 Å². The van der Waals surface area contributed by atoms with E-state index in [1.807, 2.05) is 0 Å². The zero-order chi connectivity index (χ0) is 14.2. The first-order valence-electron chi connectivity index (χ1n) is 8.56. The van der Waals surface area contributed by atoms with Gasteiger partial charge in [0.25, 0.3) is 0 Å². The van der Waals surface area contributed by atoms with Crippen LogP contribution in [0.1, 0.15) is 64.7 Å². The lowest BCUT2D eigenvalue weighted by molar-refractivity contribution is -0.139. The molecule has 1 atom stereocenters. The van der Waals surface area contributed by atoms with E-state index in [1.165, 1.54) is 44.9 Å². The van der Waals surface area contributed by atoms with Crippen molar-refractivity contribution in [2.75, 3.05) is 6.54 Å². The van der Waals surface area contributed by atoms with Gasteiger partial charge < -0.3 is 10.4 Å². The van der Waals surface area contributed by atoms with Crippen LogP contribution in [-0.2, 0) is 4.79 Å². The van der Waals surface area contributed by atoms with Gasteiger partial charge in [0.1, 0.15) is 6.04 Å². The Bertz CT molecular complexity index is 331. The third-order valence-corrected chi connectivity index (χ3v) is 6.09. The summed E-state index contributed by atoms with van der Waals surface area (Å²) < 4.78 is 0. The van der Waals surface area contributed by atoms with Crippen molar-refractivity contribution in [3.05, 3.63) is 0 Å². The van der Waals surface area contributed by atoms with E-state index in [2.05, 4.69) is 12.2 Å². The molecule has 0 radical (unpaired) electrons. The maximum absolute atomic E-state index is 11.2. The summed E-state index contributed by atoms with van der Waals surface area (Å²) in [6, 6.07) is -0.339. The molecule has 0 heterocycles. The van der Waals surface area contributed by atoms with Crippen molar-refractivity contribution < 1.29 is 9.90 Å². The van der Waals surface area contributed by atoms with Crippen LogP contribution in [0.3, 0.4) is 0 Å². The van der Waals surface area contributed by atoms with Crippen LogP contribution < -0.4 is 5.32 Å². The number of carbonyl (C=O) groups is 1. The van der Waals surface area contributed by atoms with Crippen LogP contribution in [0.5, 0.6) is 0 Å². The summed E-state index contributed by atoms with van der Waals surface area (Å²) in [7, 11) is 0. The summed E-state index contributed by atoms with van der Waals surface area (Å²) >= 11 is 0. The van der Waals surface area contributed by atoms with Crippen LogP contribution in [0.25, 0.3) is 0 Å². The first kappa shape index (κ1) is 14.4. The fourth-order valence-corrected chi connectivity index (χ4v) is 5.71. The van der Waals surface area contributed by atoms with Crippen molar-refractivity contribution in [1.82, 2.24) is 5.32 Å². The molecule has 0 spiro atoms. The second-order valence-corrected chi connectivity index (χ2v) is 7.80. The second-order valence-electron chi connectivity index (χ2n) is 7.80. The van der Waals surface area contributed by atoms with E-state index < -0.39 is 5.97 Å². The number of aliphatic carboxylic acids is 1. The summed E-state index contributed by atoms with van der Waals surface area (Å²) in [6.45, 7) is 2.94. The normalized spacial score (nSPS) is 40.0. The molecule has 0 amide bonds. The summed E-state index contributed by atoms with van der Waals surface area (Å²) in [5, 5.41) is 12.5. The monoisotopic (exact) mass is 279 g/mol. The van der Waals surface area contributed by atoms with E-state index in [0.29, 0.717) is 5.41 Å². The first-order valence-corrected chi connectivity index (χ1v) is 8.56. The van der Waals surface area contributed by atoms with Gasteiger partial charge in [0.15, 0.2) is 0 Å². The Hall–Kier alpha value is -0.570. The fourth-order valence-electron chi connectivity index (χ4n) is 5.71. The Morgan fingerprint density at radius 2 is 1.75 bits per heavy atom. The smallest absolute Gasteiger partial charge is 0.320 e. The maximum Gasteiger partial charge on any atom is 0.320 e. The van der Waals surface area contributed by atoms with Crippen LogP contribution in [0.4, 0.5) is 0 Å². The highest BCUT2D eigenvalue weighted by molar-refractivity contribution is 5.73. The lowest BCUT2D eigenvalue weighted by Gasteiger charge is -2.57. The van der Waals surface area contributed by atoms with E-state index in [0.717, 1.165) is 37.1 Å². The van der Waals surface area contributed by atoms with Crippen molar-refractivity contribution in [2.24, 2.45) is 23.2 Å². The van der Waals surface area contributed by atoms with Crippen molar-refractivity contribution in [1.29, 1.82) is 0 Å². The lowest BCUT2D eigenvalue weighted by Crippen LogP contribution is -2.48. The van der Waals surface area contributed by atoms with Gasteiger partial charge in [0, 0.05) is 0 Å². The molecule has 4 aliphatic carbocycles. The topological polar surface area (TPSA) is 49.3 Å². The summed E-state index contributed by atoms with van der Waals surface area (Å²) in [5.41, 5.74) is 0.566. The van der Waals surface area contributed by atoms with Gasteiger partial charge >= 0.3 is 5.97 Å². The van der Waals surface area contributed by atoms with Gasteiger partial charge in [-0.2, -0.15) is 0 Å². The number of nitrogens with one attached hydrogen (secondary N) is 1. The van der Waals surface area contributed by atoms with Gasteiger partial charge in [0.2, 0.25) is 0 Å². The standard InChI is InChI=1S/C17H29NO2/c1-2-3-15(16(19)20)18-5-4-17-9-12-6-13(10-17)8-14(7-12)11-17/h12-15,18H,2-11H2,1H3,(H,19,20). The quantitative estimate of drug-likeness (QED) is 0.750. The largest absolute Gasteiger partial charge is 0.480 e. The average Bonchev–Trinajstić information content (AvgIpc) is 2.35. The number of carboxylic acids is 1. The van der Waals surface area contributed by atoms with Gasteiger partial charge in [-0.3, -0.25) is 4.79 Å². The van der Waals surface area contributed by atoms with Crippen LogP contribution in [0, 0.1) is 23.2 Å². The highest BCUT2D eigenvalue weighted by Crippen LogP contribution is 2.61. The minimum absolute atomic E-state index is 0.339. The van der Waals surface area contributed by atoms with Gasteiger partial charge in [0.05, 0.1) is 0 Å². The van der Waals surface area contributed by atoms with Gasteiger partial charge in [-0.25, -0.2) is 0 Å². The Morgan fingerprint density at radius 3 is 2.20 bits per heavy atom. The summed E-state index contributed by atoms with van der Waals surface area (Å²) in [6.07, 6.45) is 11.6. The molecule has 114 valence electrons. The lowest BCUT2D eigenvalue weighted by atomic mass is 9.49. The predicted molar refractivity (Wildman–Crippen MR) is 79.6 cm³/mol. The van der Waals surface area contributed by atoms with Gasteiger partial charge in [-0.1, -0.05) is 13.3 Å². The molecule has 20 heavy (non-hydrogen) atoms. The molecule has 4 aliphatic rings. The molecule has 1 unspecified atom stereocenters. The molecular weight excluding hydrogens is 250 g/mol.